The average Bonchev–Trinajstić information content (AvgIpc) is 2.72. The first kappa shape index (κ1) is 12.0. The minimum absolute atomic E-state index is 0.0202. The summed E-state index contributed by atoms with van der Waals surface area (Å²) in [5.74, 6) is -0.226. The molecule has 1 heterocycles. The van der Waals surface area contributed by atoms with E-state index in [9.17, 15) is 13.2 Å². The molecule has 2 rings (SSSR count). The first-order valence-corrected chi connectivity index (χ1v) is 5.34. The Labute approximate surface area is 96.8 Å². The highest BCUT2D eigenvalue weighted by Gasteiger charge is 2.31. The van der Waals surface area contributed by atoms with E-state index in [1.54, 1.807) is 0 Å². The SMILES string of the molecule is Nc1ccc(OC(F)(F)F)cc1[C@H]1CCCN1. The number of benzene rings is 1. The van der Waals surface area contributed by atoms with Gasteiger partial charge in [-0.05, 0) is 43.1 Å². The number of hydrogen-bond donors (Lipinski definition) is 2. The van der Waals surface area contributed by atoms with Gasteiger partial charge in [0.15, 0.2) is 0 Å². The molecule has 3 N–H and O–H groups in total. The van der Waals surface area contributed by atoms with Crippen LogP contribution in [-0.4, -0.2) is 12.9 Å². The minimum atomic E-state index is -4.67. The van der Waals surface area contributed by atoms with E-state index in [0.29, 0.717) is 11.3 Å². The number of nitrogens with two attached hydrogens (primary N) is 1. The summed E-state index contributed by atoms with van der Waals surface area (Å²) in [6.45, 7) is 0.856. The molecule has 0 amide bonds. The van der Waals surface area contributed by atoms with Crippen molar-refractivity contribution in [2.75, 3.05) is 12.3 Å². The quantitative estimate of drug-likeness (QED) is 0.788. The van der Waals surface area contributed by atoms with Crippen molar-refractivity contribution >= 4 is 5.69 Å². The van der Waals surface area contributed by atoms with Crippen molar-refractivity contribution in [2.24, 2.45) is 0 Å². The second-order valence-electron chi connectivity index (χ2n) is 3.99. The van der Waals surface area contributed by atoms with Crippen LogP contribution in [0.25, 0.3) is 0 Å². The molecule has 0 aromatic heterocycles. The maximum absolute atomic E-state index is 12.1. The van der Waals surface area contributed by atoms with Crippen molar-refractivity contribution in [2.45, 2.75) is 25.2 Å². The van der Waals surface area contributed by atoms with Crippen LogP contribution >= 0.6 is 0 Å². The Hall–Kier alpha value is -1.43. The molecular weight excluding hydrogens is 233 g/mol. The fourth-order valence-corrected chi connectivity index (χ4v) is 2.00. The lowest BCUT2D eigenvalue weighted by molar-refractivity contribution is -0.274. The van der Waals surface area contributed by atoms with Gasteiger partial charge in [-0.25, -0.2) is 0 Å². The van der Waals surface area contributed by atoms with E-state index in [0.717, 1.165) is 19.4 Å². The second-order valence-corrected chi connectivity index (χ2v) is 3.99. The van der Waals surface area contributed by atoms with Crippen LogP contribution in [0.4, 0.5) is 18.9 Å². The predicted octanol–water partition coefficient (Wildman–Crippen LogP) is 2.59. The van der Waals surface area contributed by atoms with Crippen molar-refractivity contribution < 1.29 is 17.9 Å². The number of hydrogen-bond acceptors (Lipinski definition) is 3. The fourth-order valence-electron chi connectivity index (χ4n) is 2.00. The Kier molecular flexibility index (Phi) is 3.15. The number of rotatable bonds is 2. The van der Waals surface area contributed by atoms with Gasteiger partial charge < -0.3 is 15.8 Å². The van der Waals surface area contributed by atoms with E-state index in [2.05, 4.69) is 10.1 Å². The van der Waals surface area contributed by atoms with Gasteiger partial charge in [-0.15, -0.1) is 13.2 Å². The van der Waals surface area contributed by atoms with Gasteiger partial charge in [-0.1, -0.05) is 0 Å². The zero-order chi connectivity index (χ0) is 12.5. The van der Waals surface area contributed by atoms with E-state index in [1.165, 1.54) is 18.2 Å². The number of nitrogen functional groups attached to an aromatic ring is 1. The molecule has 0 radical (unpaired) electrons. The zero-order valence-electron chi connectivity index (χ0n) is 9.05. The minimum Gasteiger partial charge on any atom is -0.406 e. The maximum atomic E-state index is 12.1. The first-order chi connectivity index (χ1) is 7.96. The second kappa shape index (κ2) is 4.44. The van der Waals surface area contributed by atoms with Gasteiger partial charge >= 0.3 is 6.36 Å². The van der Waals surface area contributed by atoms with Gasteiger partial charge in [0.1, 0.15) is 5.75 Å². The Morgan fingerprint density at radius 2 is 2.12 bits per heavy atom. The summed E-state index contributed by atoms with van der Waals surface area (Å²) in [5.41, 5.74) is 6.91. The third-order valence-electron chi connectivity index (χ3n) is 2.73. The lowest BCUT2D eigenvalue weighted by Crippen LogP contribution is -2.18. The van der Waals surface area contributed by atoms with Gasteiger partial charge in [0.05, 0.1) is 0 Å². The Bertz CT molecular complexity index is 400. The predicted molar refractivity (Wildman–Crippen MR) is 57.5 cm³/mol. The summed E-state index contributed by atoms with van der Waals surface area (Å²) in [4.78, 5) is 0. The maximum Gasteiger partial charge on any atom is 0.573 e. The van der Waals surface area contributed by atoms with E-state index < -0.39 is 6.36 Å². The molecule has 1 aliphatic heterocycles. The summed E-state index contributed by atoms with van der Waals surface area (Å²) in [7, 11) is 0. The van der Waals surface area contributed by atoms with Crippen LogP contribution in [-0.2, 0) is 0 Å². The number of nitrogens with one attached hydrogen (secondary N) is 1. The number of anilines is 1. The van der Waals surface area contributed by atoms with Crippen LogP contribution in [0.3, 0.4) is 0 Å². The third-order valence-corrected chi connectivity index (χ3v) is 2.73. The molecule has 1 saturated heterocycles. The molecule has 3 nitrogen and oxygen atoms in total. The van der Waals surface area contributed by atoms with E-state index >= 15 is 0 Å². The first-order valence-electron chi connectivity index (χ1n) is 5.34. The van der Waals surface area contributed by atoms with Gasteiger partial charge in [0.25, 0.3) is 0 Å². The van der Waals surface area contributed by atoms with Crippen LogP contribution in [0, 0.1) is 0 Å². The van der Waals surface area contributed by atoms with Crippen molar-refractivity contribution in [3.8, 4) is 5.75 Å². The number of alkyl halides is 3. The van der Waals surface area contributed by atoms with Crippen molar-refractivity contribution in [1.29, 1.82) is 0 Å². The fraction of sp³-hybridized carbons (Fsp3) is 0.455. The number of ether oxygens (including phenoxy) is 1. The standard InChI is InChI=1S/C11H13F3N2O/c12-11(13,14)17-7-3-4-9(15)8(6-7)10-2-1-5-16-10/h3-4,6,10,16H,1-2,5,15H2/t10-/m1/s1. The van der Waals surface area contributed by atoms with Gasteiger partial charge in [0.2, 0.25) is 0 Å². The van der Waals surface area contributed by atoms with Crippen LogP contribution in [0.2, 0.25) is 0 Å². The molecule has 17 heavy (non-hydrogen) atoms. The monoisotopic (exact) mass is 246 g/mol. The van der Waals surface area contributed by atoms with Crippen molar-refractivity contribution in [3.63, 3.8) is 0 Å². The highest BCUT2D eigenvalue weighted by atomic mass is 19.4. The highest BCUT2D eigenvalue weighted by Crippen LogP contribution is 2.32. The average molecular weight is 246 g/mol. The molecular formula is C11H13F3N2O. The van der Waals surface area contributed by atoms with E-state index in [-0.39, 0.29) is 11.8 Å². The van der Waals surface area contributed by atoms with E-state index in [4.69, 9.17) is 5.73 Å². The summed E-state index contributed by atoms with van der Waals surface area (Å²) in [6.07, 6.45) is -2.80. The third kappa shape index (κ3) is 3.03. The highest BCUT2D eigenvalue weighted by molar-refractivity contribution is 5.52. The molecule has 6 heteroatoms. The van der Waals surface area contributed by atoms with E-state index in [1.807, 2.05) is 0 Å². The Balaban J connectivity index is 2.22. The lowest BCUT2D eigenvalue weighted by Gasteiger charge is -2.16. The summed E-state index contributed by atoms with van der Waals surface area (Å²) in [5, 5.41) is 3.19. The molecule has 1 aliphatic rings. The van der Waals surface area contributed by atoms with Crippen molar-refractivity contribution in [3.05, 3.63) is 23.8 Å². The molecule has 1 fully saturated rings. The summed E-state index contributed by atoms with van der Waals surface area (Å²) in [6, 6.07) is 4.04. The topological polar surface area (TPSA) is 47.3 Å². The Morgan fingerprint density at radius 1 is 1.35 bits per heavy atom. The van der Waals surface area contributed by atoms with Crippen molar-refractivity contribution in [1.82, 2.24) is 5.32 Å². The molecule has 94 valence electrons. The largest absolute Gasteiger partial charge is 0.573 e. The van der Waals surface area contributed by atoms with Crippen LogP contribution in [0.5, 0.6) is 5.75 Å². The van der Waals surface area contributed by atoms with Gasteiger partial charge in [-0.3, -0.25) is 0 Å². The molecule has 0 saturated carbocycles. The molecule has 1 atom stereocenters. The van der Waals surface area contributed by atoms with Crippen LogP contribution < -0.4 is 15.8 Å². The normalized spacial score (nSPS) is 20.5. The molecule has 0 unspecified atom stereocenters. The smallest absolute Gasteiger partial charge is 0.406 e. The summed E-state index contributed by atoms with van der Waals surface area (Å²) >= 11 is 0. The molecule has 1 aromatic rings. The van der Waals surface area contributed by atoms with Gasteiger partial charge in [-0.2, -0.15) is 0 Å². The van der Waals surface area contributed by atoms with Crippen LogP contribution in [0.15, 0.2) is 18.2 Å². The summed E-state index contributed by atoms with van der Waals surface area (Å²) < 4.78 is 40.1. The van der Waals surface area contributed by atoms with Crippen LogP contribution in [0.1, 0.15) is 24.4 Å². The molecule has 0 spiro atoms. The Morgan fingerprint density at radius 3 is 2.71 bits per heavy atom. The zero-order valence-corrected chi connectivity index (χ0v) is 9.05. The lowest BCUT2D eigenvalue weighted by atomic mass is 10.0. The number of halogens is 3. The molecule has 0 bridgehead atoms. The molecule has 0 aliphatic carbocycles. The molecule has 1 aromatic carbocycles. The van der Waals surface area contributed by atoms with Gasteiger partial charge in [0, 0.05) is 11.7 Å².